The molecule has 8 aromatic rings. The van der Waals surface area contributed by atoms with Crippen molar-refractivity contribution >= 4 is 34.3 Å². The summed E-state index contributed by atoms with van der Waals surface area (Å²) in [7, 11) is 0. The summed E-state index contributed by atoms with van der Waals surface area (Å²) in [5, 5.41) is 6.51. The lowest BCUT2D eigenvalue weighted by molar-refractivity contribution is 0.624. The maximum absolute atomic E-state index is 14.4. The van der Waals surface area contributed by atoms with Crippen molar-refractivity contribution in [2.45, 2.75) is 20.3 Å². The van der Waals surface area contributed by atoms with Gasteiger partial charge in [-0.25, -0.2) is 27.5 Å². The first-order chi connectivity index (χ1) is 24.8. The van der Waals surface area contributed by atoms with Gasteiger partial charge in [-0.3, -0.25) is 18.8 Å². The number of hydrogen-bond acceptors (Lipinski definition) is 6. The highest BCUT2D eigenvalue weighted by molar-refractivity contribution is 5.81. The van der Waals surface area contributed by atoms with Crippen molar-refractivity contribution in [3.8, 4) is 22.5 Å². The second kappa shape index (κ2) is 14.1. The van der Waals surface area contributed by atoms with E-state index in [9.17, 15) is 17.6 Å². The Kier molecular flexibility index (Phi) is 9.13. The maximum atomic E-state index is 14.4. The van der Waals surface area contributed by atoms with Crippen molar-refractivity contribution in [1.82, 2.24) is 28.7 Å². The molecule has 0 saturated heterocycles. The van der Waals surface area contributed by atoms with E-state index in [-0.39, 0.29) is 11.6 Å². The summed E-state index contributed by atoms with van der Waals surface area (Å²) in [5.74, 6) is -0.288. The minimum absolute atomic E-state index is 0.316. The highest BCUT2D eigenvalue weighted by atomic mass is 19.1. The lowest BCUT2D eigenvalue weighted by Crippen LogP contribution is -2.01. The molecule has 254 valence electrons. The Labute approximate surface area is 290 Å². The molecule has 51 heavy (non-hydrogen) atoms. The second-order valence-corrected chi connectivity index (χ2v) is 11.5. The maximum Gasteiger partial charge on any atom is 0.151 e. The van der Waals surface area contributed by atoms with Crippen LogP contribution in [-0.2, 0) is 6.42 Å². The van der Waals surface area contributed by atoms with Gasteiger partial charge in [-0.1, -0.05) is 19.1 Å². The number of nitrogens with one attached hydrogen (secondary N) is 2. The molecule has 6 heterocycles. The van der Waals surface area contributed by atoms with Gasteiger partial charge in [0, 0.05) is 46.3 Å². The predicted octanol–water partition coefficient (Wildman–Crippen LogP) is 9.71. The number of aromatic nitrogens is 6. The zero-order valence-corrected chi connectivity index (χ0v) is 27.4. The van der Waals surface area contributed by atoms with Gasteiger partial charge in [0.15, 0.2) is 11.6 Å². The standard InChI is InChI=1S/C20H16F2N4.C19H14F2N4/c1-2-15-4-3-5-18-25-19(16-10-11-23-12-17(16)22)20(26(15)18)24-14-8-6-13(21)7-9-14;1-12-3-2-4-17-24-18(15-9-10-22-11-16(15)21)19(25(12)17)23-14-7-5-13(20)6-8-14/h3-12,24H,2H2,1H3;2-11,23H,1H3. The summed E-state index contributed by atoms with van der Waals surface area (Å²) in [5.41, 5.74) is 6.40. The number of halogens is 4. The minimum atomic E-state index is -0.453. The van der Waals surface area contributed by atoms with Crippen LogP contribution < -0.4 is 10.6 Å². The van der Waals surface area contributed by atoms with Gasteiger partial charge in [0.05, 0.1) is 12.4 Å². The molecule has 0 aliphatic carbocycles. The molecule has 0 amide bonds. The molecule has 0 spiro atoms. The molecule has 0 fully saturated rings. The van der Waals surface area contributed by atoms with E-state index in [0.29, 0.717) is 56.8 Å². The number of aryl methyl sites for hydroxylation is 2. The number of anilines is 4. The topological polar surface area (TPSA) is 84.4 Å². The molecule has 8 rings (SSSR count). The predicted molar refractivity (Wildman–Crippen MR) is 190 cm³/mol. The molecule has 0 atom stereocenters. The lowest BCUT2D eigenvalue weighted by atomic mass is 10.2. The van der Waals surface area contributed by atoms with Crippen LogP contribution in [0.5, 0.6) is 0 Å². The molecule has 12 heteroatoms. The number of rotatable bonds is 7. The van der Waals surface area contributed by atoms with Crippen molar-refractivity contribution in [3.63, 3.8) is 0 Å². The van der Waals surface area contributed by atoms with Crippen LogP contribution in [0.1, 0.15) is 18.3 Å². The Bertz CT molecular complexity index is 2470. The normalized spacial score (nSPS) is 11.0. The molecule has 6 aromatic heterocycles. The van der Waals surface area contributed by atoms with Crippen molar-refractivity contribution in [3.05, 3.63) is 157 Å². The van der Waals surface area contributed by atoms with E-state index >= 15 is 0 Å². The fraction of sp³-hybridized carbons (Fsp3) is 0.0769. The van der Waals surface area contributed by atoms with Crippen LogP contribution in [-0.4, -0.2) is 28.7 Å². The lowest BCUT2D eigenvalue weighted by Gasteiger charge is -2.12. The molecule has 0 aliphatic heterocycles. The van der Waals surface area contributed by atoms with Gasteiger partial charge in [0.25, 0.3) is 0 Å². The van der Waals surface area contributed by atoms with Crippen LogP contribution in [0, 0.1) is 30.2 Å². The first-order valence-electron chi connectivity index (χ1n) is 16.0. The number of hydrogen-bond donors (Lipinski definition) is 2. The Hall–Kier alpha value is -6.56. The molecular weight excluding hydrogens is 656 g/mol. The van der Waals surface area contributed by atoms with E-state index in [1.807, 2.05) is 59.0 Å². The summed E-state index contributed by atoms with van der Waals surface area (Å²) in [6.45, 7) is 3.99. The van der Waals surface area contributed by atoms with Gasteiger partial charge in [-0.05, 0) is 98.3 Å². The van der Waals surface area contributed by atoms with E-state index in [2.05, 4.69) is 30.6 Å². The zero-order valence-electron chi connectivity index (χ0n) is 27.4. The van der Waals surface area contributed by atoms with Gasteiger partial charge in [-0.2, -0.15) is 0 Å². The number of nitrogens with zero attached hydrogens (tertiary/aromatic N) is 6. The van der Waals surface area contributed by atoms with Crippen LogP contribution in [0.15, 0.2) is 122 Å². The van der Waals surface area contributed by atoms with E-state index < -0.39 is 11.6 Å². The first-order valence-corrected chi connectivity index (χ1v) is 16.0. The average Bonchev–Trinajstić information content (AvgIpc) is 3.69. The second-order valence-electron chi connectivity index (χ2n) is 11.5. The highest BCUT2D eigenvalue weighted by Crippen LogP contribution is 2.35. The summed E-state index contributed by atoms with van der Waals surface area (Å²) >= 11 is 0. The summed E-state index contributed by atoms with van der Waals surface area (Å²) in [6.07, 6.45) is 6.17. The van der Waals surface area contributed by atoms with Gasteiger partial charge in [0.1, 0.15) is 46.0 Å². The fourth-order valence-corrected chi connectivity index (χ4v) is 5.77. The van der Waals surface area contributed by atoms with Gasteiger partial charge >= 0.3 is 0 Å². The monoisotopic (exact) mass is 686 g/mol. The third-order valence-electron chi connectivity index (χ3n) is 8.19. The van der Waals surface area contributed by atoms with Crippen LogP contribution in [0.25, 0.3) is 33.8 Å². The summed E-state index contributed by atoms with van der Waals surface area (Å²) < 4.78 is 58.9. The van der Waals surface area contributed by atoms with Gasteiger partial charge < -0.3 is 10.6 Å². The molecule has 0 saturated carbocycles. The van der Waals surface area contributed by atoms with Crippen molar-refractivity contribution in [1.29, 1.82) is 0 Å². The van der Waals surface area contributed by atoms with Crippen LogP contribution in [0.3, 0.4) is 0 Å². The molecule has 0 aliphatic rings. The van der Waals surface area contributed by atoms with E-state index in [0.717, 1.165) is 24.0 Å². The Morgan fingerprint density at radius 1 is 0.569 bits per heavy atom. The number of benzene rings is 2. The minimum Gasteiger partial charge on any atom is -0.339 e. The van der Waals surface area contributed by atoms with Crippen molar-refractivity contribution < 1.29 is 17.6 Å². The Balaban J connectivity index is 0.000000159. The fourth-order valence-electron chi connectivity index (χ4n) is 5.77. The average molecular weight is 687 g/mol. The third-order valence-corrected chi connectivity index (χ3v) is 8.19. The zero-order chi connectivity index (χ0) is 35.5. The molecule has 2 N–H and O–H groups in total. The van der Waals surface area contributed by atoms with Crippen LogP contribution in [0.2, 0.25) is 0 Å². The molecule has 8 nitrogen and oxygen atoms in total. The summed E-state index contributed by atoms with van der Waals surface area (Å²) in [6, 6.07) is 26.7. The quantitative estimate of drug-likeness (QED) is 0.163. The Morgan fingerprint density at radius 3 is 1.53 bits per heavy atom. The van der Waals surface area contributed by atoms with Gasteiger partial charge in [0.2, 0.25) is 0 Å². The van der Waals surface area contributed by atoms with E-state index in [1.54, 1.807) is 36.4 Å². The Morgan fingerprint density at radius 2 is 1.04 bits per heavy atom. The molecule has 0 bridgehead atoms. The summed E-state index contributed by atoms with van der Waals surface area (Å²) in [4.78, 5) is 16.8. The SMILES string of the molecule is CCc1cccc2nc(-c3ccncc3F)c(Nc3ccc(F)cc3)n12.Cc1cccc2nc(-c3ccncc3F)c(Nc3ccc(F)cc3)n12. The third kappa shape index (κ3) is 6.71. The van der Waals surface area contributed by atoms with Crippen molar-refractivity contribution in [2.75, 3.05) is 10.6 Å². The largest absolute Gasteiger partial charge is 0.339 e. The van der Waals surface area contributed by atoms with Gasteiger partial charge in [-0.15, -0.1) is 0 Å². The number of imidazole rings is 2. The highest BCUT2D eigenvalue weighted by Gasteiger charge is 2.20. The molecular formula is C39H30F4N8. The molecule has 0 unspecified atom stereocenters. The number of fused-ring (bicyclic) bond motifs is 2. The molecule has 0 radical (unpaired) electrons. The van der Waals surface area contributed by atoms with Crippen molar-refractivity contribution in [2.24, 2.45) is 0 Å². The first kappa shape index (κ1) is 33.0. The van der Waals surface area contributed by atoms with Crippen LogP contribution in [0.4, 0.5) is 40.6 Å². The van der Waals surface area contributed by atoms with E-state index in [4.69, 9.17) is 0 Å². The smallest absolute Gasteiger partial charge is 0.151 e. The molecule has 2 aromatic carbocycles. The number of pyridine rings is 4. The van der Waals surface area contributed by atoms with E-state index in [1.165, 1.54) is 42.9 Å². The van der Waals surface area contributed by atoms with Crippen LogP contribution >= 0.6 is 0 Å².